The molecule has 0 bridgehead atoms. The molecule has 1 atom stereocenters. The lowest BCUT2D eigenvalue weighted by molar-refractivity contribution is 0.171. The highest BCUT2D eigenvalue weighted by Crippen LogP contribution is 2.40. The second-order valence-corrected chi connectivity index (χ2v) is 7.47. The van der Waals surface area contributed by atoms with Crippen molar-refractivity contribution in [1.82, 2.24) is 14.6 Å². The second kappa shape index (κ2) is 6.04. The van der Waals surface area contributed by atoms with E-state index in [1.54, 1.807) is 30.6 Å². The summed E-state index contributed by atoms with van der Waals surface area (Å²) in [6.07, 6.45) is 3.35. The predicted molar refractivity (Wildman–Crippen MR) is 86.3 cm³/mol. The van der Waals surface area contributed by atoms with E-state index < -0.39 is 10.0 Å². The third-order valence-corrected chi connectivity index (χ3v) is 6.16. The Balaban J connectivity index is 1.76. The third kappa shape index (κ3) is 2.52. The monoisotopic (exact) mass is 347 g/mol. The largest absolute Gasteiger partial charge is 0.454 e. The summed E-state index contributed by atoms with van der Waals surface area (Å²) in [6.45, 7) is 1.58. The molecule has 7 nitrogen and oxygen atoms in total. The number of fused-ring (bicyclic) bond motifs is 1. The molecule has 1 saturated heterocycles. The van der Waals surface area contributed by atoms with Gasteiger partial charge in [-0.1, -0.05) is 6.07 Å². The highest BCUT2D eigenvalue weighted by atomic mass is 32.2. The number of pyridine rings is 1. The minimum atomic E-state index is -3.72. The fourth-order valence-electron chi connectivity index (χ4n) is 3.08. The Morgan fingerprint density at radius 3 is 2.83 bits per heavy atom. The van der Waals surface area contributed by atoms with Crippen molar-refractivity contribution in [3.8, 4) is 11.5 Å². The van der Waals surface area contributed by atoms with E-state index in [0.717, 1.165) is 5.56 Å². The fraction of sp³-hybridized carbons (Fsp3) is 0.312. The minimum Gasteiger partial charge on any atom is -0.454 e. The number of piperazine rings is 1. The molecule has 4 rings (SSSR count). The number of hydrogen-bond acceptors (Lipinski definition) is 6. The maximum atomic E-state index is 13.3. The summed E-state index contributed by atoms with van der Waals surface area (Å²) < 4.78 is 38.8. The number of rotatable bonds is 3. The lowest BCUT2D eigenvalue weighted by Crippen LogP contribution is -2.48. The smallest absolute Gasteiger partial charge is 0.247 e. The molecule has 0 saturated carbocycles. The summed E-state index contributed by atoms with van der Waals surface area (Å²) in [7, 11) is -3.72. The van der Waals surface area contributed by atoms with Crippen LogP contribution in [-0.4, -0.2) is 44.1 Å². The number of hydrogen-bond donors (Lipinski definition) is 1. The van der Waals surface area contributed by atoms with Crippen molar-refractivity contribution in [2.24, 2.45) is 0 Å². The van der Waals surface area contributed by atoms with Gasteiger partial charge in [0.25, 0.3) is 0 Å². The van der Waals surface area contributed by atoms with Crippen molar-refractivity contribution in [2.75, 3.05) is 26.4 Å². The number of nitrogens with zero attached hydrogens (tertiary/aromatic N) is 2. The Morgan fingerprint density at radius 2 is 2.00 bits per heavy atom. The molecule has 1 aromatic carbocycles. The van der Waals surface area contributed by atoms with Gasteiger partial charge in [0.15, 0.2) is 11.5 Å². The van der Waals surface area contributed by atoms with Gasteiger partial charge in [-0.05, 0) is 29.8 Å². The summed E-state index contributed by atoms with van der Waals surface area (Å²) in [5.41, 5.74) is 0.908. The maximum absolute atomic E-state index is 13.3. The first kappa shape index (κ1) is 15.4. The van der Waals surface area contributed by atoms with E-state index in [-0.39, 0.29) is 17.7 Å². The van der Waals surface area contributed by atoms with Gasteiger partial charge in [-0.3, -0.25) is 4.98 Å². The zero-order valence-electron chi connectivity index (χ0n) is 12.9. The van der Waals surface area contributed by atoms with Crippen LogP contribution in [0.5, 0.6) is 11.5 Å². The van der Waals surface area contributed by atoms with Crippen LogP contribution in [0.15, 0.2) is 47.6 Å². The van der Waals surface area contributed by atoms with Crippen molar-refractivity contribution in [2.45, 2.75) is 10.9 Å². The standard InChI is InChI=1S/C16H17N3O4S/c20-24(21,15-3-1-2-14-16(15)23-11-22-14)19-9-8-18-10-13(19)12-4-6-17-7-5-12/h1-7,13,18H,8-11H2. The molecular weight excluding hydrogens is 330 g/mol. The van der Waals surface area contributed by atoms with Gasteiger partial charge in [-0.25, -0.2) is 8.42 Å². The van der Waals surface area contributed by atoms with Gasteiger partial charge in [0.2, 0.25) is 16.8 Å². The highest BCUT2D eigenvalue weighted by molar-refractivity contribution is 7.89. The first-order valence-electron chi connectivity index (χ1n) is 7.69. The van der Waals surface area contributed by atoms with Gasteiger partial charge in [-0.2, -0.15) is 4.31 Å². The fourth-order valence-corrected chi connectivity index (χ4v) is 4.84. The molecule has 1 fully saturated rings. The Labute approximate surface area is 140 Å². The van der Waals surface area contributed by atoms with E-state index in [4.69, 9.17) is 9.47 Å². The first-order valence-corrected chi connectivity index (χ1v) is 9.13. The summed E-state index contributed by atoms with van der Waals surface area (Å²) in [6, 6.07) is 8.34. The van der Waals surface area contributed by atoms with E-state index in [1.807, 2.05) is 12.1 Å². The minimum absolute atomic E-state index is 0.0389. The quantitative estimate of drug-likeness (QED) is 0.897. The molecule has 2 aliphatic heterocycles. The molecule has 0 aliphatic carbocycles. The highest BCUT2D eigenvalue weighted by Gasteiger charge is 2.37. The molecular formula is C16H17N3O4S. The molecule has 2 aliphatic rings. The lowest BCUT2D eigenvalue weighted by atomic mass is 10.1. The molecule has 3 heterocycles. The van der Waals surface area contributed by atoms with Crippen molar-refractivity contribution in [3.63, 3.8) is 0 Å². The van der Waals surface area contributed by atoms with Gasteiger partial charge < -0.3 is 14.8 Å². The van der Waals surface area contributed by atoms with Crippen LogP contribution in [0.2, 0.25) is 0 Å². The summed E-state index contributed by atoms with van der Waals surface area (Å²) >= 11 is 0. The average Bonchev–Trinajstić information content (AvgIpc) is 3.11. The van der Waals surface area contributed by atoms with Gasteiger partial charge >= 0.3 is 0 Å². The topological polar surface area (TPSA) is 80.8 Å². The van der Waals surface area contributed by atoms with Crippen LogP contribution >= 0.6 is 0 Å². The molecule has 2 aromatic rings. The lowest BCUT2D eigenvalue weighted by Gasteiger charge is -2.35. The van der Waals surface area contributed by atoms with E-state index >= 15 is 0 Å². The molecule has 0 radical (unpaired) electrons. The van der Waals surface area contributed by atoms with Gasteiger partial charge in [0.05, 0.1) is 6.04 Å². The van der Waals surface area contributed by atoms with Crippen LogP contribution in [0, 0.1) is 0 Å². The number of ether oxygens (including phenoxy) is 2. The van der Waals surface area contributed by atoms with E-state index in [9.17, 15) is 8.42 Å². The SMILES string of the molecule is O=S(=O)(c1cccc2c1OCO2)N1CCNCC1c1ccncc1. The van der Waals surface area contributed by atoms with Gasteiger partial charge in [0, 0.05) is 32.0 Å². The Hall–Kier alpha value is -2.16. The van der Waals surface area contributed by atoms with Crippen LogP contribution < -0.4 is 14.8 Å². The normalized spacial score (nSPS) is 20.9. The molecule has 126 valence electrons. The zero-order valence-corrected chi connectivity index (χ0v) is 13.7. The van der Waals surface area contributed by atoms with Crippen molar-refractivity contribution in [3.05, 3.63) is 48.3 Å². The van der Waals surface area contributed by atoms with Crippen LogP contribution in [0.1, 0.15) is 11.6 Å². The van der Waals surface area contributed by atoms with Crippen molar-refractivity contribution >= 4 is 10.0 Å². The molecule has 0 spiro atoms. The molecule has 1 aromatic heterocycles. The molecule has 1 N–H and O–H groups in total. The number of sulfonamides is 1. The molecule has 8 heteroatoms. The predicted octanol–water partition coefficient (Wildman–Crippen LogP) is 1.15. The molecule has 24 heavy (non-hydrogen) atoms. The summed E-state index contributed by atoms with van der Waals surface area (Å²) in [5, 5.41) is 3.26. The van der Waals surface area contributed by atoms with Crippen LogP contribution in [0.3, 0.4) is 0 Å². The summed E-state index contributed by atoms with van der Waals surface area (Å²) in [4.78, 5) is 4.16. The zero-order chi connectivity index (χ0) is 16.6. The first-order chi connectivity index (χ1) is 11.7. The van der Waals surface area contributed by atoms with E-state index in [0.29, 0.717) is 31.1 Å². The number of nitrogens with one attached hydrogen (secondary N) is 1. The number of para-hydroxylation sites is 1. The van der Waals surface area contributed by atoms with Crippen LogP contribution in [0.4, 0.5) is 0 Å². The maximum Gasteiger partial charge on any atom is 0.247 e. The number of aromatic nitrogens is 1. The van der Waals surface area contributed by atoms with Crippen LogP contribution in [0.25, 0.3) is 0 Å². The van der Waals surface area contributed by atoms with Gasteiger partial charge in [0.1, 0.15) is 4.90 Å². The Morgan fingerprint density at radius 1 is 1.17 bits per heavy atom. The third-order valence-electron chi connectivity index (χ3n) is 4.23. The molecule has 1 unspecified atom stereocenters. The van der Waals surface area contributed by atoms with E-state index in [1.165, 1.54) is 4.31 Å². The van der Waals surface area contributed by atoms with Gasteiger partial charge in [-0.15, -0.1) is 0 Å². The number of benzene rings is 1. The Kier molecular flexibility index (Phi) is 3.87. The van der Waals surface area contributed by atoms with Crippen molar-refractivity contribution < 1.29 is 17.9 Å². The van der Waals surface area contributed by atoms with E-state index in [2.05, 4.69) is 10.3 Å². The Bertz CT molecular complexity index is 842. The molecule has 0 amide bonds. The summed E-state index contributed by atoms with van der Waals surface area (Å²) in [5.74, 6) is 0.760. The average molecular weight is 347 g/mol. The van der Waals surface area contributed by atoms with Crippen molar-refractivity contribution in [1.29, 1.82) is 0 Å². The van der Waals surface area contributed by atoms with Crippen LogP contribution in [-0.2, 0) is 10.0 Å². The second-order valence-electron chi connectivity index (χ2n) is 5.61.